The van der Waals surface area contributed by atoms with Crippen molar-refractivity contribution in [1.82, 2.24) is 15.0 Å². The van der Waals surface area contributed by atoms with Crippen LogP contribution in [0.5, 0.6) is 6.01 Å². The molecule has 2 heterocycles. The van der Waals surface area contributed by atoms with Crippen LogP contribution < -0.4 is 21.3 Å². The maximum atomic E-state index is 5.36. The SMILES string of the molecule is COc1nc(NN)nc(NC2CCCOC2)n1. The largest absolute Gasteiger partial charge is 0.467 e. The molecular weight excluding hydrogens is 224 g/mol. The number of hydrazine groups is 1. The third-order valence-electron chi connectivity index (χ3n) is 2.42. The summed E-state index contributed by atoms with van der Waals surface area (Å²) >= 11 is 0. The van der Waals surface area contributed by atoms with Gasteiger partial charge in [0.1, 0.15) is 0 Å². The number of methoxy groups -OCH3 is 1. The number of nitrogens with two attached hydrogens (primary N) is 1. The van der Waals surface area contributed by atoms with Gasteiger partial charge in [0.15, 0.2) is 0 Å². The molecule has 0 radical (unpaired) electrons. The van der Waals surface area contributed by atoms with Gasteiger partial charge in [-0.25, -0.2) is 5.84 Å². The fourth-order valence-corrected chi connectivity index (χ4v) is 1.61. The molecule has 1 aliphatic heterocycles. The first-order valence-corrected chi connectivity index (χ1v) is 5.43. The molecule has 0 spiro atoms. The van der Waals surface area contributed by atoms with Gasteiger partial charge in [-0.15, -0.1) is 0 Å². The van der Waals surface area contributed by atoms with Gasteiger partial charge in [-0.3, -0.25) is 5.43 Å². The van der Waals surface area contributed by atoms with Crippen LogP contribution in [0.25, 0.3) is 0 Å². The monoisotopic (exact) mass is 240 g/mol. The number of nitrogens with one attached hydrogen (secondary N) is 2. The van der Waals surface area contributed by atoms with Gasteiger partial charge < -0.3 is 14.8 Å². The first kappa shape index (κ1) is 11.8. The smallest absolute Gasteiger partial charge is 0.322 e. The summed E-state index contributed by atoms with van der Waals surface area (Å²) in [6, 6.07) is 0.425. The van der Waals surface area contributed by atoms with Crippen LogP contribution in [0, 0.1) is 0 Å². The Morgan fingerprint density at radius 2 is 2.18 bits per heavy atom. The zero-order chi connectivity index (χ0) is 12.1. The van der Waals surface area contributed by atoms with Crippen molar-refractivity contribution < 1.29 is 9.47 Å². The molecule has 1 unspecified atom stereocenters. The number of aromatic nitrogens is 3. The highest BCUT2D eigenvalue weighted by atomic mass is 16.5. The summed E-state index contributed by atoms with van der Waals surface area (Å²) in [4.78, 5) is 12.1. The molecule has 8 nitrogen and oxygen atoms in total. The summed E-state index contributed by atoms with van der Waals surface area (Å²) < 4.78 is 10.3. The summed E-state index contributed by atoms with van der Waals surface area (Å²) in [6.07, 6.45) is 2.06. The molecular formula is C9H16N6O2. The summed E-state index contributed by atoms with van der Waals surface area (Å²) in [7, 11) is 1.49. The molecule has 1 atom stereocenters. The van der Waals surface area contributed by atoms with E-state index in [-0.39, 0.29) is 18.0 Å². The minimum atomic E-state index is 0.210. The van der Waals surface area contributed by atoms with Crippen LogP contribution in [0.15, 0.2) is 0 Å². The second-order valence-electron chi connectivity index (χ2n) is 3.67. The number of nitrogen functional groups attached to an aromatic ring is 1. The normalized spacial score (nSPS) is 19.8. The van der Waals surface area contributed by atoms with E-state index in [0.29, 0.717) is 12.6 Å². The van der Waals surface area contributed by atoms with Gasteiger partial charge in [0.25, 0.3) is 0 Å². The Morgan fingerprint density at radius 3 is 2.82 bits per heavy atom. The van der Waals surface area contributed by atoms with Crippen molar-refractivity contribution in [3.8, 4) is 6.01 Å². The van der Waals surface area contributed by atoms with Crippen LogP contribution in [-0.2, 0) is 4.74 Å². The second kappa shape index (κ2) is 5.60. The van der Waals surface area contributed by atoms with Crippen molar-refractivity contribution in [2.75, 3.05) is 31.1 Å². The second-order valence-corrected chi connectivity index (χ2v) is 3.67. The average Bonchev–Trinajstić information content (AvgIpc) is 2.39. The molecule has 1 saturated heterocycles. The highest BCUT2D eigenvalue weighted by Crippen LogP contribution is 2.14. The van der Waals surface area contributed by atoms with Gasteiger partial charge in [-0.05, 0) is 12.8 Å². The molecule has 4 N–H and O–H groups in total. The summed E-state index contributed by atoms with van der Waals surface area (Å²) in [6.45, 7) is 1.47. The first-order valence-electron chi connectivity index (χ1n) is 5.43. The van der Waals surface area contributed by atoms with E-state index < -0.39 is 0 Å². The topological polar surface area (TPSA) is 107 Å². The molecule has 0 aromatic carbocycles. The summed E-state index contributed by atoms with van der Waals surface area (Å²) in [5, 5.41) is 3.17. The Morgan fingerprint density at radius 1 is 1.35 bits per heavy atom. The van der Waals surface area contributed by atoms with Gasteiger partial charge in [-0.2, -0.15) is 15.0 Å². The maximum absolute atomic E-state index is 5.36. The molecule has 17 heavy (non-hydrogen) atoms. The fraction of sp³-hybridized carbons (Fsp3) is 0.667. The molecule has 1 fully saturated rings. The van der Waals surface area contributed by atoms with Gasteiger partial charge in [0, 0.05) is 6.61 Å². The molecule has 0 amide bonds. The summed E-state index contributed by atoms with van der Waals surface area (Å²) in [5.74, 6) is 5.96. The van der Waals surface area contributed by atoms with Gasteiger partial charge in [0.2, 0.25) is 11.9 Å². The number of ether oxygens (including phenoxy) is 2. The van der Waals surface area contributed by atoms with E-state index in [1.807, 2.05) is 0 Å². The lowest BCUT2D eigenvalue weighted by atomic mass is 10.1. The lowest BCUT2D eigenvalue weighted by molar-refractivity contribution is 0.0873. The standard InChI is InChI=1S/C9H16N6O2/c1-16-9-13-7(12-8(14-9)15-10)11-6-3-2-4-17-5-6/h6H,2-5,10H2,1H3,(H2,11,12,13,14,15). The van der Waals surface area contributed by atoms with Crippen molar-refractivity contribution in [2.24, 2.45) is 5.84 Å². The third kappa shape index (κ3) is 3.14. The van der Waals surface area contributed by atoms with Crippen molar-refractivity contribution in [3.05, 3.63) is 0 Å². The molecule has 8 heteroatoms. The van der Waals surface area contributed by atoms with Crippen molar-refractivity contribution in [3.63, 3.8) is 0 Å². The molecule has 0 bridgehead atoms. The molecule has 0 aliphatic carbocycles. The van der Waals surface area contributed by atoms with E-state index in [0.717, 1.165) is 19.4 Å². The Hall–Kier alpha value is -1.67. The van der Waals surface area contributed by atoms with Crippen LogP contribution in [0.1, 0.15) is 12.8 Å². The average molecular weight is 240 g/mol. The van der Waals surface area contributed by atoms with E-state index >= 15 is 0 Å². The number of hydrogen-bond donors (Lipinski definition) is 3. The Labute approximate surface area is 98.9 Å². The fourth-order valence-electron chi connectivity index (χ4n) is 1.61. The van der Waals surface area contributed by atoms with Crippen molar-refractivity contribution in [2.45, 2.75) is 18.9 Å². The highest BCUT2D eigenvalue weighted by molar-refractivity contribution is 5.35. The lowest BCUT2D eigenvalue weighted by Gasteiger charge is -2.23. The minimum absolute atomic E-state index is 0.210. The van der Waals surface area contributed by atoms with E-state index in [1.54, 1.807) is 0 Å². The van der Waals surface area contributed by atoms with E-state index in [9.17, 15) is 0 Å². The molecule has 2 rings (SSSR count). The van der Waals surface area contributed by atoms with Crippen LogP contribution in [0.3, 0.4) is 0 Å². The number of rotatable bonds is 4. The Balaban J connectivity index is 2.07. The van der Waals surface area contributed by atoms with Gasteiger partial charge in [0.05, 0.1) is 19.8 Å². The molecule has 1 aromatic rings. The minimum Gasteiger partial charge on any atom is -0.467 e. The Kier molecular flexibility index (Phi) is 3.89. The van der Waals surface area contributed by atoms with Crippen LogP contribution in [0.2, 0.25) is 0 Å². The number of hydrogen-bond acceptors (Lipinski definition) is 8. The lowest BCUT2D eigenvalue weighted by Crippen LogP contribution is -2.31. The number of nitrogens with zero attached hydrogens (tertiary/aromatic N) is 3. The molecule has 1 aliphatic rings. The quantitative estimate of drug-likeness (QED) is 0.489. The molecule has 94 valence electrons. The highest BCUT2D eigenvalue weighted by Gasteiger charge is 2.15. The predicted octanol–water partition coefficient (Wildman–Crippen LogP) is -0.243. The van der Waals surface area contributed by atoms with Crippen LogP contribution in [-0.4, -0.2) is 41.3 Å². The third-order valence-corrected chi connectivity index (χ3v) is 2.42. The first-order chi connectivity index (χ1) is 8.31. The zero-order valence-electron chi connectivity index (χ0n) is 9.64. The van der Waals surface area contributed by atoms with Crippen LogP contribution >= 0.6 is 0 Å². The Bertz CT molecular complexity index is 346. The van der Waals surface area contributed by atoms with Crippen molar-refractivity contribution >= 4 is 11.9 Å². The van der Waals surface area contributed by atoms with Gasteiger partial charge in [-0.1, -0.05) is 0 Å². The molecule has 1 aromatic heterocycles. The number of anilines is 2. The predicted molar refractivity (Wildman–Crippen MR) is 61.7 cm³/mol. The van der Waals surface area contributed by atoms with Crippen LogP contribution in [0.4, 0.5) is 11.9 Å². The van der Waals surface area contributed by atoms with E-state index in [1.165, 1.54) is 7.11 Å². The van der Waals surface area contributed by atoms with Crippen molar-refractivity contribution in [1.29, 1.82) is 0 Å². The zero-order valence-corrected chi connectivity index (χ0v) is 9.64. The molecule has 0 saturated carbocycles. The maximum Gasteiger partial charge on any atom is 0.322 e. The van der Waals surface area contributed by atoms with E-state index in [4.69, 9.17) is 15.3 Å². The van der Waals surface area contributed by atoms with E-state index in [2.05, 4.69) is 25.7 Å². The van der Waals surface area contributed by atoms with Gasteiger partial charge >= 0.3 is 6.01 Å². The summed E-state index contributed by atoms with van der Waals surface area (Å²) in [5.41, 5.74) is 2.37.